The lowest BCUT2D eigenvalue weighted by Gasteiger charge is -2.47. The second kappa shape index (κ2) is 40.0. The Labute approximate surface area is 592 Å². The molecule has 2 aliphatic rings. The molecule has 2 heterocycles. The van der Waals surface area contributed by atoms with Crippen molar-refractivity contribution in [3.05, 3.63) is 12.2 Å². The van der Waals surface area contributed by atoms with Gasteiger partial charge in [0.1, 0.15) is 54.4 Å². The van der Waals surface area contributed by atoms with Crippen LogP contribution in [0.1, 0.15) is 175 Å². The first-order chi connectivity index (χ1) is 45.9. The van der Waals surface area contributed by atoms with Crippen molar-refractivity contribution in [2.24, 2.45) is 41.4 Å². The van der Waals surface area contributed by atoms with Crippen molar-refractivity contribution in [1.82, 2.24) is 65.4 Å². The minimum atomic E-state index is -2.05. The molecule has 2 saturated heterocycles. The lowest BCUT2D eigenvalue weighted by Crippen LogP contribution is -2.71. The zero-order valence-electron chi connectivity index (χ0n) is 65.0. The molecule has 99 heavy (non-hydrogen) atoms. The Kier molecular flexibility index (Phi) is 35.7. The summed E-state index contributed by atoms with van der Waals surface area (Å²) in [6, 6.07) is -13.1. The molecule has 0 spiro atoms. The monoisotopic (exact) mass is 1400 g/mol. The van der Waals surface area contributed by atoms with Crippen LogP contribution in [0.2, 0.25) is 0 Å². The summed E-state index contributed by atoms with van der Waals surface area (Å²) in [6.07, 6.45) is 4.54. The molecule has 0 aromatic carbocycles. The number of allylic oxidation sites excluding steroid dienone is 2. The van der Waals surface area contributed by atoms with Gasteiger partial charge in [-0.05, 0) is 141 Å². The maximum absolute atomic E-state index is 15.4. The number of rotatable bonds is 20. The van der Waals surface area contributed by atoms with Crippen molar-refractivity contribution in [2.75, 3.05) is 83.1 Å². The molecular weight excluding hydrogens is 1270 g/mol. The molecular formula is C72H129N13O14. The van der Waals surface area contributed by atoms with Crippen LogP contribution >= 0.6 is 0 Å². The number of piperidine rings is 1. The standard InChI is InChI=1S/C72H129N13O14/c1-27-29-31-47(13)60(87)59-63(90)75-53(28-2)66(93)78(19)51(17)65(92)85(26)72(41-86,48(14)32-30-37-99-71(98)79(20)52-33-35-77(18)36-34-52)76-57(45(9)10)69(96)80(21)54(38-42(3)4)62(89)73-49(15)61(88)74-50(16)64(91)81(22)55(39-43(5)6)67(94)82(23)56(40-44(7)8)68(95)83(24)58(46(11)12)70(97)84(59)25/h27,29,41-60,76,87H,28,30-40H2,1-26H3,(H,73,89)(H,74,88)(H,75,90). The van der Waals surface area contributed by atoms with Crippen LogP contribution in [0.15, 0.2) is 12.2 Å². The van der Waals surface area contributed by atoms with Gasteiger partial charge in [0.15, 0.2) is 11.9 Å². The fraction of sp³-hybridized carbons (Fsp3) is 0.806. The number of likely N-dealkylation sites (N-methyl/N-ethyl adjacent to an activating group) is 7. The molecule has 0 radical (unpaired) electrons. The summed E-state index contributed by atoms with van der Waals surface area (Å²) in [5.41, 5.74) is -2.05. The van der Waals surface area contributed by atoms with Crippen LogP contribution in [-0.2, 0) is 57.5 Å². The van der Waals surface area contributed by atoms with Gasteiger partial charge in [0.25, 0.3) is 0 Å². The summed E-state index contributed by atoms with van der Waals surface area (Å²) in [6.45, 7) is 30.8. The van der Waals surface area contributed by atoms with Gasteiger partial charge < -0.3 is 69.9 Å². The summed E-state index contributed by atoms with van der Waals surface area (Å²) in [5.74, 6) is -10.5. The molecule has 11 amide bonds. The summed E-state index contributed by atoms with van der Waals surface area (Å²) >= 11 is 0. The molecule has 14 unspecified atom stereocenters. The highest BCUT2D eigenvalue weighted by Gasteiger charge is 2.50. The number of nitrogens with zero attached hydrogens (tertiary/aromatic N) is 9. The molecule has 2 fully saturated rings. The average molecular weight is 1400 g/mol. The van der Waals surface area contributed by atoms with E-state index in [2.05, 4.69) is 26.2 Å². The van der Waals surface area contributed by atoms with Gasteiger partial charge in [-0.15, -0.1) is 0 Å². The summed E-state index contributed by atoms with van der Waals surface area (Å²) in [7, 11) is 13.5. The number of likely N-dealkylation sites (tertiary alicyclic amines) is 1. The van der Waals surface area contributed by atoms with Gasteiger partial charge >= 0.3 is 6.09 Å². The van der Waals surface area contributed by atoms with E-state index in [4.69, 9.17) is 4.74 Å². The molecule has 0 aromatic rings. The van der Waals surface area contributed by atoms with E-state index in [0.29, 0.717) is 6.29 Å². The second-order valence-electron chi connectivity index (χ2n) is 30.2. The van der Waals surface area contributed by atoms with Crippen LogP contribution in [0.25, 0.3) is 0 Å². The molecule has 5 N–H and O–H groups in total. The number of hydrogen-bond acceptors (Lipinski definition) is 16. The van der Waals surface area contributed by atoms with E-state index in [9.17, 15) is 33.9 Å². The molecule has 14 atom stereocenters. The first-order valence-corrected chi connectivity index (χ1v) is 35.8. The maximum atomic E-state index is 15.4. The van der Waals surface area contributed by atoms with Gasteiger partial charge in [0.2, 0.25) is 59.1 Å². The van der Waals surface area contributed by atoms with Crippen LogP contribution < -0.4 is 21.3 Å². The highest BCUT2D eigenvalue weighted by Crippen LogP contribution is 2.30. The van der Waals surface area contributed by atoms with E-state index in [0.717, 1.165) is 40.6 Å². The number of carbonyl (C=O) groups is 12. The number of nitrogens with one attached hydrogen (secondary N) is 4. The Bertz CT molecular complexity index is 2760. The third-order valence-electron chi connectivity index (χ3n) is 20.2. The normalized spacial score (nSPS) is 27.7. The molecule has 2 aliphatic heterocycles. The van der Waals surface area contributed by atoms with Gasteiger partial charge in [0, 0.05) is 68.3 Å². The largest absolute Gasteiger partial charge is 0.449 e. The van der Waals surface area contributed by atoms with E-state index in [1.165, 1.54) is 89.7 Å². The van der Waals surface area contributed by atoms with Gasteiger partial charge in [-0.25, -0.2) is 4.79 Å². The van der Waals surface area contributed by atoms with Crippen LogP contribution in [0.3, 0.4) is 0 Å². The Morgan fingerprint density at radius 3 is 1.57 bits per heavy atom. The van der Waals surface area contributed by atoms with E-state index in [-0.39, 0.29) is 75.3 Å². The Hall–Kier alpha value is -6.74. The lowest BCUT2D eigenvalue weighted by molar-refractivity contribution is -0.158. The average Bonchev–Trinajstić information content (AvgIpc) is 0.783. The second-order valence-corrected chi connectivity index (χ2v) is 30.2. The summed E-state index contributed by atoms with van der Waals surface area (Å²) < 4.78 is 5.77. The van der Waals surface area contributed by atoms with Crippen molar-refractivity contribution in [3.8, 4) is 0 Å². The predicted octanol–water partition coefficient (Wildman–Crippen LogP) is 4.19. The molecule has 0 saturated carbocycles. The Morgan fingerprint density at radius 1 is 0.596 bits per heavy atom. The topological polar surface area (TPSA) is 312 Å². The van der Waals surface area contributed by atoms with Crippen LogP contribution in [-0.4, -0.2) is 282 Å². The lowest BCUT2D eigenvalue weighted by atomic mass is 9.86. The van der Waals surface area contributed by atoms with E-state index in [1.54, 1.807) is 79.5 Å². The fourth-order valence-corrected chi connectivity index (χ4v) is 13.2. The number of carbonyl (C=O) groups excluding carboxylic acids is 12. The minimum Gasteiger partial charge on any atom is -0.449 e. The number of aliphatic hydroxyl groups excluding tert-OH is 1. The fourth-order valence-electron chi connectivity index (χ4n) is 13.2. The maximum Gasteiger partial charge on any atom is 0.409 e. The van der Waals surface area contributed by atoms with Crippen molar-refractivity contribution in [3.63, 3.8) is 0 Å². The highest BCUT2D eigenvalue weighted by molar-refractivity contribution is 5.99. The van der Waals surface area contributed by atoms with E-state index in [1.807, 2.05) is 48.6 Å². The molecule has 0 bridgehead atoms. The smallest absolute Gasteiger partial charge is 0.409 e. The SMILES string of the molecule is CC=CCC(C)C(O)C1C(=O)NC(CC)C(=O)N(C)C(C)C(=O)N(C)C(C=O)(C(C)CCCOC(=O)N(C)C2CCN(C)CC2)NC(C(C)C)C(=O)N(C)C(CC(C)C)C(=O)NC(C)C(=O)NC(C)C(=O)N(C)C(CC(C)C)C(=O)N(C)C(CC(C)C)C(=O)N(C)C(C(C)C)C(=O)N1C. The summed E-state index contributed by atoms with van der Waals surface area (Å²) in [4.78, 5) is 190. The number of hydrogen-bond donors (Lipinski definition) is 5. The Balaban J connectivity index is 3.08. The molecule has 27 heteroatoms. The number of aliphatic hydroxyl groups is 1. The molecule has 0 aliphatic carbocycles. The minimum absolute atomic E-state index is 0.0179. The molecule has 566 valence electrons. The zero-order chi connectivity index (χ0) is 76.2. The van der Waals surface area contributed by atoms with Crippen molar-refractivity contribution >= 4 is 71.5 Å². The molecule has 27 nitrogen and oxygen atoms in total. The van der Waals surface area contributed by atoms with Crippen LogP contribution in [0.5, 0.6) is 0 Å². The van der Waals surface area contributed by atoms with Gasteiger partial charge in [-0.1, -0.05) is 102 Å². The zero-order valence-corrected chi connectivity index (χ0v) is 65.0. The molecule has 0 aromatic heterocycles. The van der Waals surface area contributed by atoms with E-state index >= 15 is 28.8 Å². The first kappa shape index (κ1) is 88.3. The Morgan fingerprint density at radius 2 is 1.08 bits per heavy atom. The summed E-state index contributed by atoms with van der Waals surface area (Å²) in [5, 5.41) is 23.8. The third kappa shape index (κ3) is 23.4. The number of aldehydes is 1. The van der Waals surface area contributed by atoms with Gasteiger partial charge in [-0.2, -0.15) is 0 Å². The third-order valence-corrected chi connectivity index (χ3v) is 20.2. The highest BCUT2D eigenvalue weighted by atomic mass is 16.6. The first-order valence-electron chi connectivity index (χ1n) is 35.8. The van der Waals surface area contributed by atoms with Gasteiger partial charge in [-0.3, -0.25) is 58.1 Å². The molecule has 2 rings (SSSR count). The number of ether oxygens (including phenoxy) is 1. The van der Waals surface area contributed by atoms with Crippen molar-refractivity contribution < 1.29 is 67.4 Å². The van der Waals surface area contributed by atoms with Crippen molar-refractivity contribution in [1.29, 1.82) is 0 Å². The van der Waals surface area contributed by atoms with Crippen molar-refractivity contribution in [2.45, 2.75) is 254 Å². The predicted molar refractivity (Wildman–Crippen MR) is 382 cm³/mol. The van der Waals surface area contributed by atoms with Crippen LogP contribution in [0.4, 0.5) is 4.79 Å². The number of amides is 11. The van der Waals surface area contributed by atoms with Crippen LogP contribution in [0, 0.1) is 41.4 Å². The van der Waals surface area contributed by atoms with E-state index < -0.39 is 161 Å². The quantitative estimate of drug-likeness (QED) is 0.0648. The van der Waals surface area contributed by atoms with Gasteiger partial charge in [0.05, 0.1) is 18.8 Å².